The molecule has 33 heavy (non-hydrogen) atoms. The fourth-order valence-electron chi connectivity index (χ4n) is 3.03. The Kier molecular flexibility index (Phi) is 7.54. The molecule has 0 bridgehead atoms. The number of hydrogen-bond acceptors (Lipinski definition) is 9. The molecule has 0 spiro atoms. The molecule has 10 nitrogen and oxygen atoms in total. The van der Waals surface area contributed by atoms with Crippen LogP contribution >= 0.6 is 0 Å². The third kappa shape index (κ3) is 5.80. The van der Waals surface area contributed by atoms with Crippen LogP contribution in [-0.2, 0) is 22.8 Å². The number of rotatable bonds is 10. The first-order valence-corrected chi connectivity index (χ1v) is 11.6. The largest absolute Gasteiger partial charge is 0.493 e. The lowest BCUT2D eigenvalue weighted by atomic mass is 10.1. The van der Waals surface area contributed by atoms with Gasteiger partial charge >= 0.3 is 11.8 Å². The number of nitrogens with zero attached hydrogens (tertiary/aromatic N) is 2. The summed E-state index contributed by atoms with van der Waals surface area (Å²) in [5, 5.41) is 6.38. The molecule has 1 amide bonds. The molecule has 0 atom stereocenters. The Morgan fingerprint density at radius 3 is 2.24 bits per heavy atom. The molecule has 11 heteroatoms. The molecule has 3 rings (SSSR count). The Labute approximate surface area is 191 Å². The smallest absolute Gasteiger partial charge is 0.315 e. The summed E-state index contributed by atoms with van der Waals surface area (Å²) in [5.74, 6) is 0.420. The van der Waals surface area contributed by atoms with Gasteiger partial charge in [0.1, 0.15) is 0 Å². The van der Waals surface area contributed by atoms with Crippen LogP contribution in [0.2, 0.25) is 0 Å². The van der Waals surface area contributed by atoms with Crippen LogP contribution in [0.4, 0.5) is 0 Å². The van der Waals surface area contributed by atoms with E-state index in [4.69, 9.17) is 18.7 Å². The van der Waals surface area contributed by atoms with Crippen molar-refractivity contribution in [3.05, 3.63) is 59.2 Å². The molecule has 0 radical (unpaired) electrons. The third-order valence-electron chi connectivity index (χ3n) is 4.81. The average molecular weight is 476 g/mol. The second-order valence-corrected chi connectivity index (χ2v) is 9.22. The molecule has 2 aromatic carbocycles. The number of sulfone groups is 1. The van der Waals surface area contributed by atoms with Crippen LogP contribution in [0.25, 0.3) is 0 Å². The van der Waals surface area contributed by atoms with E-state index < -0.39 is 15.7 Å². The zero-order valence-corrected chi connectivity index (χ0v) is 19.6. The number of methoxy groups -OCH3 is 3. The minimum Gasteiger partial charge on any atom is -0.493 e. The highest BCUT2D eigenvalue weighted by molar-refractivity contribution is 7.91. The van der Waals surface area contributed by atoms with E-state index in [2.05, 4.69) is 15.5 Å². The van der Waals surface area contributed by atoms with Gasteiger partial charge in [-0.3, -0.25) is 4.79 Å². The first-order valence-electron chi connectivity index (χ1n) is 9.96. The molecule has 1 N–H and O–H groups in total. The van der Waals surface area contributed by atoms with Gasteiger partial charge < -0.3 is 24.1 Å². The van der Waals surface area contributed by atoms with Gasteiger partial charge in [-0.2, -0.15) is 4.98 Å². The van der Waals surface area contributed by atoms with Crippen LogP contribution in [-0.4, -0.2) is 51.5 Å². The fraction of sp³-hybridized carbons (Fsp3) is 0.318. The van der Waals surface area contributed by atoms with Crippen LogP contribution < -0.4 is 19.5 Å². The van der Waals surface area contributed by atoms with Crippen molar-refractivity contribution in [2.45, 2.75) is 24.8 Å². The molecular weight excluding hydrogens is 450 g/mol. The molecule has 176 valence electrons. The van der Waals surface area contributed by atoms with Crippen molar-refractivity contribution in [1.29, 1.82) is 0 Å². The molecule has 3 aromatic rings. The summed E-state index contributed by atoms with van der Waals surface area (Å²) < 4.78 is 45.8. The number of hydrogen-bond donors (Lipinski definition) is 1. The van der Waals surface area contributed by atoms with Crippen LogP contribution in [0.1, 0.15) is 27.6 Å². The fourth-order valence-corrected chi connectivity index (χ4v) is 4.27. The van der Waals surface area contributed by atoms with E-state index >= 15 is 0 Å². The van der Waals surface area contributed by atoms with Crippen LogP contribution in [0, 0.1) is 6.92 Å². The lowest BCUT2D eigenvalue weighted by Crippen LogP contribution is -2.23. The van der Waals surface area contributed by atoms with Gasteiger partial charge in [0.15, 0.2) is 27.2 Å². The molecule has 0 aliphatic rings. The van der Waals surface area contributed by atoms with Crippen molar-refractivity contribution in [3.63, 3.8) is 0 Å². The summed E-state index contributed by atoms with van der Waals surface area (Å²) in [7, 11) is 0.991. The maximum atomic E-state index is 12.5. The Morgan fingerprint density at radius 2 is 1.67 bits per heavy atom. The summed E-state index contributed by atoms with van der Waals surface area (Å²) in [6, 6.07) is 9.99. The van der Waals surface area contributed by atoms with Crippen LogP contribution in [0.3, 0.4) is 0 Å². The monoisotopic (exact) mass is 475 g/mol. The van der Waals surface area contributed by atoms with Gasteiger partial charge in [-0.05, 0) is 36.8 Å². The quantitative estimate of drug-likeness (QED) is 0.469. The molecule has 0 saturated heterocycles. The third-order valence-corrected chi connectivity index (χ3v) is 6.55. The highest BCUT2D eigenvalue weighted by Gasteiger charge is 2.20. The molecule has 1 aromatic heterocycles. The van der Waals surface area contributed by atoms with E-state index in [1.54, 1.807) is 36.4 Å². The van der Waals surface area contributed by atoms with Crippen molar-refractivity contribution < 1.29 is 31.9 Å². The first kappa shape index (κ1) is 24.1. The summed E-state index contributed by atoms with van der Waals surface area (Å²) in [6.45, 7) is 2.01. The van der Waals surface area contributed by atoms with Gasteiger partial charge in [-0.15, -0.1) is 0 Å². The van der Waals surface area contributed by atoms with Crippen LogP contribution in [0.5, 0.6) is 17.2 Å². The van der Waals surface area contributed by atoms with Crippen molar-refractivity contribution in [1.82, 2.24) is 15.5 Å². The molecular formula is C22H25N3O7S. The minimum atomic E-state index is -3.51. The Hall–Kier alpha value is -3.60. The Bertz CT molecular complexity index is 1200. The highest BCUT2D eigenvalue weighted by atomic mass is 32.2. The van der Waals surface area contributed by atoms with E-state index in [9.17, 15) is 13.2 Å². The lowest BCUT2D eigenvalue weighted by molar-refractivity contribution is 0.0907. The lowest BCUT2D eigenvalue weighted by Gasteiger charge is -2.14. The van der Waals surface area contributed by atoms with Gasteiger partial charge in [0.25, 0.3) is 0 Å². The van der Waals surface area contributed by atoms with E-state index in [1.807, 2.05) is 6.92 Å². The SMILES string of the molecule is COc1cc(CNC(=O)c2nc(CCS(=O)(=O)c3ccc(C)cc3)no2)cc(OC)c1OC. The predicted octanol–water partition coefficient (Wildman–Crippen LogP) is 2.35. The van der Waals surface area contributed by atoms with Gasteiger partial charge in [0.05, 0.1) is 32.0 Å². The summed E-state index contributed by atoms with van der Waals surface area (Å²) in [6.07, 6.45) is 0.0138. The van der Waals surface area contributed by atoms with Gasteiger partial charge in [-0.1, -0.05) is 22.9 Å². The molecule has 0 saturated carbocycles. The maximum absolute atomic E-state index is 12.5. The number of carbonyl (C=O) groups excluding carboxylic acids is 1. The number of amides is 1. The molecule has 0 aliphatic heterocycles. The second-order valence-electron chi connectivity index (χ2n) is 7.11. The summed E-state index contributed by atoms with van der Waals surface area (Å²) in [5.41, 5.74) is 1.66. The Morgan fingerprint density at radius 1 is 1.03 bits per heavy atom. The normalized spacial score (nSPS) is 11.2. The van der Waals surface area contributed by atoms with Crippen molar-refractivity contribution >= 4 is 15.7 Å². The maximum Gasteiger partial charge on any atom is 0.315 e. The summed E-state index contributed by atoms with van der Waals surface area (Å²) in [4.78, 5) is 16.6. The zero-order chi connectivity index (χ0) is 24.0. The summed E-state index contributed by atoms with van der Waals surface area (Å²) >= 11 is 0. The first-order chi connectivity index (χ1) is 15.8. The topological polar surface area (TPSA) is 130 Å². The van der Waals surface area contributed by atoms with Crippen molar-refractivity contribution in [2.75, 3.05) is 27.1 Å². The Balaban J connectivity index is 1.62. The van der Waals surface area contributed by atoms with E-state index in [0.717, 1.165) is 5.56 Å². The van der Waals surface area contributed by atoms with Crippen molar-refractivity contribution in [3.8, 4) is 17.2 Å². The molecule has 0 aliphatic carbocycles. The molecule has 1 heterocycles. The number of ether oxygens (including phenoxy) is 3. The standard InChI is InChI=1S/C22H25N3O7S/c1-14-5-7-16(8-6-14)33(27,28)10-9-19-24-22(32-25-19)21(26)23-13-15-11-17(29-2)20(31-4)18(12-15)30-3/h5-8,11-12H,9-10,13H2,1-4H3,(H,23,26). The van der Waals surface area contributed by atoms with Crippen LogP contribution in [0.15, 0.2) is 45.8 Å². The highest BCUT2D eigenvalue weighted by Crippen LogP contribution is 2.38. The van der Waals surface area contributed by atoms with E-state index in [-0.39, 0.29) is 35.3 Å². The van der Waals surface area contributed by atoms with E-state index in [1.165, 1.54) is 21.3 Å². The zero-order valence-electron chi connectivity index (χ0n) is 18.7. The van der Waals surface area contributed by atoms with Gasteiger partial charge in [0.2, 0.25) is 5.75 Å². The average Bonchev–Trinajstić information content (AvgIpc) is 3.30. The number of nitrogens with one attached hydrogen (secondary N) is 1. The molecule has 0 unspecified atom stereocenters. The number of carbonyl (C=O) groups is 1. The van der Waals surface area contributed by atoms with Crippen molar-refractivity contribution in [2.24, 2.45) is 0 Å². The minimum absolute atomic E-state index is 0.0138. The molecule has 0 fully saturated rings. The van der Waals surface area contributed by atoms with Gasteiger partial charge in [0, 0.05) is 13.0 Å². The second kappa shape index (κ2) is 10.3. The number of aromatic nitrogens is 2. The predicted molar refractivity (Wildman–Crippen MR) is 119 cm³/mol. The van der Waals surface area contributed by atoms with E-state index in [0.29, 0.717) is 22.8 Å². The van der Waals surface area contributed by atoms with Gasteiger partial charge in [-0.25, -0.2) is 8.42 Å². The number of aryl methyl sites for hydroxylation is 2. The number of benzene rings is 2.